The summed E-state index contributed by atoms with van der Waals surface area (Å²) in [4.78, 5) is 25.8. The van der Waals surface area contributed by atoms with Crippen molar-refractivity contribution in [3.63, 3.8) is 0 Å². The van der Waals surface area contributed by atoms with Gasteiger partial charge in [0.05, 0.1) is 7.11 Å². The van der Waals surface area contributed by atoms with Crippen LogP contribution in [-0.2, 0) is 14.3 Å². The SMILES string of the molecule is COC1=CC(=O)C2=C(C[C@@]3(C)C(C)C2C[C@]2(C)C(C)=CCC[C@@H]32)C1=O. The van der Waals surface area contributed by atoms with E-state index < -0.39 is 0 Å². The lowest BCUT2D eigenvalue weighted by molar-refractivity contribution is -0.124. The van der Waals surface area contributed by atoms with E-state index in [1.54, 1.807) is 0 Å². The first-order valence-electron chi connectivity index (χ1n) is 9.49. The molecule has 0 aromatic rings. The van der Waals surface area contributed by atoms with Gasteiger partial charge in [-0.2, -0.15) is 0 Å². The highest BCUT2D eigenvalue weighted by atomic mass is 16.5. The van der Waals surface area contributed by atoms with Crippen LogP contribution < -0.4 is 0 Å². The molecule has 2 unspecified atom stereocenters. The number of Topliss-reactive ketones (excluding diaryl/α,β-unsaturated/α-hetero) is 1. The first-order chi connectivity index (χ1) is 11.7. The van der Waals surface area contributed by atoms with Crippen molar-refractivity contribution >= 4 is 11.6 Å². The fourth-order valence-electron chi connectivity index (χ4n) is 6.50. The second-order valence-corrected chi connectivity index (χ2v) is 9.01. The van der Waals surface area contributed by atoms with Gasteiger partial charge in [-0.15, -0.1) is 0 Å². The third-order valence-corrected chi connectivity index (χ3v) is 8.16. The maximum atomic E-state index is 12.9. The van der Waals surface area contributed by atoms with Crippen molar-refractivity contribution in [1.82, 2.24) is 0 Å². The summed E-state index contributed by atoms with van der Waals surface area (Å²) in [5.74, 6) is 1.29. The zero-order valence-electron chi connectivity index (χ0n) is 15.9. The minimum absolute atomic E-state index is 0.00941. The molecule has 1 saturated carbocycles. The quantitative estimate of drug-likeness (QED) is 0.525. The van der Waals surface area contributed by atoms with E-state index in [2.05, 4.69) is 33.8 Å². The maximum Gasteiger partial charge on any atom is 0.224 e. The fraction of sp³-hybridized carbons (Fsp3) is 0.636. The predicted molar refractivity (Wildman–Crippen MR) is 96.7 cm³/mol. The van der Waals surface area contributed by atoms with Gasteiger partial charge in [0.15, 0.2) is 11.5 Å². The number of ether oxygens (including phenoxy) is 1. The van der Waals surface area contributed by atoms with Crippen LogP contribution in [0.1, 0.15) is 53.4 Å². The van der Waals surface area contributed by atoms with E-state index in [0.717, 1.165) is 24.0 Å². The van der Waals surface area contributed by atoms with Crippen LogP contribution in [0.5, 0.6) is 0 Å². The van der Waals surface area contributed by atoms with Gasteiger partial charge in [-0.25, -0.2) is 0 Å². The van der Waals surface area contributed by atoms with Crippen LogP contribution in [-0.4, -0.2) is 18.7 Å². The minimum atomic E-state index is -0.0631. The summed E-state index contributed by atoms with van der Waals surface area (Å²) in [6.07, 6.45) is 7.79. The first kappa shape index (κ1) is 16.8. The summed E-state index contributed by atoms with van der Waals surface area (Å²) in [7, 11) is 1.48. The smallest absolute Gasteiger partial charge is 0.224 e. The van der Waals surface area contributed by atoms with Crippen LogP contribution in [0.4, 0.5) is 0 Å². The Morgan fingerprint density at radius 2 is 1.96 bits per heavy atom. The zero-order chi connectivity index (χ0) is 18.1. The second kappa shape index (κ2) is 5.18. The highest BCUT2D eigenvalue weighted by Gasteiger charge is 2.61. The predicted octanol–water partition coefficient (Wildman–Crippen LogP) is 4.39. The second-order valence-electron chi connectivity index (χ2n) is 9.01. The van der Waals surface area contributed by atoms with Crippen LogP contribution in [0, 0.1) is 28.6 Å². The van der Waals surface area contributed by atoms with E-state index in [0.29, 0.717) is 18.3 Å². The summed E-state index contributed by atoms with van der Waals surface area (Å²) in [6.45, 7) is 9.30. The monoisotopic (exact) mass is 340 g/mol. The van der Waals surface area contributed by atoms with Gasteiger partial charge >= 0.3 is 0 Å². The molecule has 3 nitrogen and oxygen atoms in total. The van der Waals surface area contributed by atoms with Gasteiger partial charge in [-0.3, -0.25) is 9.59 Å². The molecule has 0 aromatic heterocycles. The molecule has 0 amide bonds. The van der Waals surface area contributed by atoms with Crippen molar-refractivity contribution in [2.75, 3.05) is 7.11 Å². The number of carbonyl (C=O) groups excluding carboxylic acids is 2. The summed E-state index contributed by atoms with van der Waals surface area (Å²) in [6, 6.07) is 0. The molecule has 0 aliphatic heterocycles. The van der Waals surface area contributed by atoms with Crippen molar-refractivity contribution < 1.29 is 14.3 Å². The van der Waals surface area contributed by atoms with Crippen LogP contribution in [0.25, 0.3) is 0 Å². The van der Waals surface area contributed by atoms with Crippen molar-refractivity contribution in [2.24, 2.45) is 28.6 Å². The summed E-state index contributed by atoms with van der Waals surface area (Å²) in [5, 5.41) is 0. The van der Waals surface area contributed by atoms with Gasteiger partial charge < -0.3 is 4.74 Å². The number of fused-ring (bicyclic) bond motifs is 5. The Balaban J connectivity index is 1.88. The Hall–Kier alpha value is -1.64. The Bertz CT molecular complexity index is 768. The topological polar surface area (TPSA) is 43.4 Å². The van der Waals surface area contributed by atoms with Gasteiger partial charge in [0.2, 0.25) is 5.78 Å². The van der Waals surface area contributed by atoms with E-state index in [-0.39, 0.29) is 34.1 Å². The average Bonchev–Trinajstić information content (AvgIpc) is 2.56. The third-order valence-electron chi connectivity index (χ3n) is 8.16. The van der Waals surface area contributed by atoms with Crippen molar-refractivity contribution in [2.45, 2.75) is 53.4 Å². The summed E-state index contributed by atoms with van der Waals surface area (Å²) >= 11 is 0. The number of methoxy groups -OCH3 is 1. The molecule has 0 N–H and O–H groups in total. The number of rotatable bonds is 1. The molecule has 4 aliphatic carbocycles. The summed E-state index contributed by atoms with van der Waals surface area (Å²) < 4.78 is 5.20. The first-order valence-corrected chi connectivity index (χ1v) is 9.49. The molecule has 5 atom stereocenters. The van der Waals surface area contributed by atoms with Crippen molar-refractivity contribution in [1.29, 1.82) is 0 Å². The Morgan fingerprint density at radius 3 is 2.64 bits per heavy atom. The molecule has 0 aromatic carbocycles. The number of ketones is 2. The van der Waals surface area contributed by atoms with Gasteiger partial charge in [0, 0.05) is 17.2 Å². The van der Waals surface area contributed by atoms with E-state index in [1.165, 1.54) is 25.2 Å². The van der Waals surface area contributed by atoms with Crippen molar-refractivity contribution in [3.05, 3.63) is 34.6 Å². The number of hydrogen-bond acceptors (Lipinski definition) is 3. The molecule has 0 radical (unpaired) electrons. The zero-order valence-corrected chi connectivity index (χ0v) is 15.9. The summed E-state index contributed by atoms with van der Waals surface area (Å²) in [5.41, 5.74) is 3.19. The minimum Gasteiger partial charge on any atom is -0.493 e. The molecule has 3 heteroatoms. The molecule has 0 saturated heterocycles. The normalized spacial score (nSPS) is 43.2. The molecular weight excluding hydrogens is 312 g/mol. The lowest BCUT2D eigenvalue weighted by Crippen LogP contribution is -2.57. The van der Waals surface area contributed by atoms with Gasteiger partial charge in [-0.05, 0) is 61.2 Å². The standard InChI is InChI=1S/C22H28O3/c1-12-7-6-8-18-21(12,3)10-14-13(2)22(18,4)11-15-19(14)16(23)9-17(25-5)20(15)24/h7,9,13-14,18H,6,8,10-11H2,1-5H3/t13?,14?,18-,21-,22+/m1/s1. The average molecular weight is 340 g/mol. The molecule has 0 heterocycles. The lowest BCUT2D eigenvalue weighted by atomic mass is 9.41. The molecule has 0 spiro atoms. The van der Waals surface area contributed by atoms with Crippen LogP contribution in [0.15, 0.2) is 34.6 Å². The maximum absolute atomic E-state index is 12.9. The Kier molecular flexibility index (Phi) is 3.49. The highest BCUT2D eigenvalue weighted by Crippen LogP contribution is 2.67. The van der Waals surface area contributed by atoms with E-state index >= 15 is 0 Å². The van der Waals surface area contributed by atoms with E-state index in [1.807, 2.05) is 0 Å². The van der Waals surface area contributed by atoms with Gasteiger partial charge in [-0.1, -0.05) is 32.4 Å². The molecular formula is C22H28O3. The molecule has 4 aliphatic rings. The molecule has 134 valence electrons. The largest absolute Gasteiger partial charge is 0.493 e. The molecule has 25 heavy (non-hydrogen) atoms. The Morgan fingerprint density at radius 1 is 1.24 bits per heavy atom. The van der Waals surface area contributed by atoms with Crippen LogP contribution in [0.2, 0.25) is 0 Å². The Labute approximate surface area is 150 Å². The molecule has 1 fully saturated rings. The number of hydrogen-bond donors (Lipinski definition) is 0. The van der Waals surface area contributed by atoms with Gasteiger partial charge in [0.25, 0.3) is 0 Å². The third kappa shape index (κ3) is 1.98. The van der Waals surface area contributed by atoms with E-state index in [4.69, 9.17) is 4.74 Å². The van der Waals surface area contributed by atoms with Crippen LogP contribution in [0.3, 0.4) is 0 Å². The van der Waals surface area contributed by atoms with Gasteiger partial charge in [0.1, 0.15) is 0 Å². The highest BCUT2D eigenvalue weighted by molar-refractivity contribution is 6.22. The number of allylic oxidation sites excluding steroid dienone is 5. The molecule has 2 bridgehead atoms. The van der Waals surface area contributed by atoms with Crippen LogP contribution >= 0.6 is 0 Å². The van der Waals surface area contributed by atoms with E-state index in [9.17, 15) is 9.59 Å². The fourth-order valence-corrected chi connectivity index (χ4v) is 6.50. The van der Waals surface area contributed by atoms with Crippen molar-refractivity contribution in [3.8, 4) is 0 Å². The number of carbonyl (C=O) groups is 2. The lowest BCUT2D eigenvalue weighted by Gasteiger charge is -2.63. The molecule has 4 rings (SSSR count).